The van der Waals surface area contributed by atoms with Crippen LogP contribution >= 0.6 is 21.6 Å². The molecule has 0 radical (unpaired) electrons. The van der Waals surface area contributed by atoms with E-state index in [4.69, 9.17) is 14.2 Å². The molecule has 1 saturated heterocycles. The standard InChI is InChI=1S/C49H80N6O9S2/c1-16-32(6)43(40(62-14)27-41(58)55-24-20-23-37(55)45(63-15)34(8)38(56)25-33(7)44(59)35-21-18-17-19-22-35)53(12)46(60)36(30(2)3)26-39(57)42(31(4)5)54(13)48(61)64-28-49(9,10)66-65-47-51-50-29-52(47)11/h17-19,21-22,29-34,36-37,40,42-45,59H,16,20,23-28H2,1-15H3/t32-,33-,34-,36-,37-,40+,42-,43-,44+,45+/m0/s1. The van der Waals surface area contributed by atoms with E-state index in [-0.39, 0.29) is 79.0 Å². The molecule has 2 heterocycles. The lowest BCUT2D eigenvalue weighted by Crippen LogP contribution is -2.54. The fourth-order valence-corrected chi connectivity index (χ4v) is 11.3. The molecular formula is C49H80N6O9S2. The van der Waals surface area contributed by atoms with E-state index in [0.29, 0.717) is 19.4 Å². The molecule has 15 nitrogen and oxygen atoms in total. The summed E-state index contributed by atoms with van der Waals surface area (Å²) in [6.45, 7) is 19.9. The number of ketones is 2. The Morgan fingerprint density at radius 3 is 2.09 bits per heavy atom. The van der Waals surface area contributed by atoms with Crippen LogP contribution in [-0.4, -0.2) is 141 Å². The maximum absolute atomic E-state index is 14.7. The molecule has 2 aromatic rings. The zero-order valence-electron chi connectivity index (χ0n) is 42.3. The van der Waals surface area contributed by atoms with Gasteiger partial charge in [0.05, 0.1) is 47.6 Å². The molecule has 3 amide bonds. The summed E-state index contributed by atoms with van der Waals surface area (Å²) < 4.78 is 19.2. The zero-order valence-corrected chi connectivity index (χ0v) is 43.9. The van der Waals surface area contributed by atoms with Crippen LogP contribution in [0, 0.1) is 35.5 Å². The number of carbonyl (C=O) groups excluding carboxylic acids is 5. The largest absolute Gasteiger partial charge is 0.448 e. The van der Waals surface area contributed by atoms with Crippen molar-refractivity contribution in [3.8, 4) is 0 Å². The van der Waals surface area contributed by atoms with Gasteiger partial charge in [-0.1, -0.05) is 103 Å². The summed E-state index contributed by atoms with van der Waals surface area (Å²) in [6, 6.07) is 7.64. The molecule has 10 atom stereocenters. The van der Waals surface area contributed by atoms with Gasteiger partial charge < -0.3 is 38.6 Å². The van der Waals surface area contributed by atoms with E-state index >= 15 is 0 Å². The van der Waals surface area contributed by atoms with Crippen LogP contribution in [0.25, 0.3) is 0 Å². The number of rotatable bonds is 27. The van der Waals surface area contributed by atoms with Gasteiger partial charge in [-0.3, -0.25) is 19.2 Å². The Hall–Kier alpha value is -3.51. The SMILES string of the molecule is CC[C@H](C)[C@@H]([C@@H](CC(=O)N1CCC[C@H]1[C@H](OC)[C@@H](C)C(=O)C[C@H](C)[C@@H](O)c1ccccc1)OC)N(C)C(=O)[C@@H](CC(=O)[C@H](C(C)C)N(C)C(=O)OCC(C)(C)SSc1nncn1C)C(C)C. The average molecular weight is 961 g/mol. The van der Waals surface area contributed by atoms with Gasteiger partial charge in [-0.05, 0) is 66.7 Å². The van der Waals surface area contributed by atoms with Crippen LogP contribution in [0.1, 0.15) is 119 Å². The summed E-state index contributed by atoms with van der Waals surface area (Å²) in [6.07, 6.45) is 1.18. The Bertz CT molecular complexity index is 1860. The monoisotopic (exact) mass is 961 g/mol. The van der Waals surface area contributed by atoms with Gasteiger partial charge in [0.2, 0.25) is 17.0 Å². The molecule has 66 heavy (non-hydrogen) atoms. The summed E-state index contributed by atoms with van der Waals surface area (Å²) in [5.74, 6) is -2.76. The number of hydrogen-bond acceptors (Lipinski definition) is 13. The molecule has 3 rings (SSSR count). The molecule has 372 valence electrons. The number of likely N-dealkylation sites (tertiary alicyclic amines) is 1. The van der Waals surface area contributed by atoms with E-state index in [2.05, 4.69) is 10.2 Å². The Kier molecular flexibility index (Phi) is 22.6. The maximum atomic E-state index is 14.7. The molecule has 17 heteroatoms. The van der Waals surface area contributed by atoms with Gasteiger partial charge in [-0.25, -0.2) is 4.79 Å². The van der Waals surface area contributed by atoms with Crippen LogP contribution in [0.2, 0.25) is 0 Å². The van der Waals surface area contributed by atoms with Crippen molar-refractivity contribution in [2.45, 2.75) is 154 Å². The minimum atomic E-state index is -0.832. The van der Waals surface area contributed by atoms with Crippen molar-refractivity contribution in [1.29, 1.82) is 0 Å². The number of aromatic nitrogens is 3. The summed E-state index contributed by atoms with van der Waals surface area (Å²) in [5, 5.41) is 19.7. The predicted octanol–water partition coefficient (Wildman–Crippen LogP) is 7.91. The smallest absolute Gasteiger partial charge is 0.410 e. The first kappa shape index (κ1) is 56.8. The number of carbonyl (C=O) groups is 5. The van der Waals surface area contributed by atoms with Crippen LogP contribution in [0.3, 0.4) is 0 Å². The van der Waals surface area contributed by atoms with Gasteiger partial charge in [0.1, 0.15) is 18.7 Å². The van der Waals surface area contributed by atoms with Gasteiger partial charge in [0.15, 0.2) is 5.78 Å². The number of aliphatic hydroxyl groups is 1. The van der Waals surface area contributed by atoms with Gasteiger partial charge in [-0.2, -0.15) is 0 Å². The van der Waals surface area contributed by atoms with Crippen LogP contribution in [0.5, 0.6) is 0 Å². The van der Waals surface area contributed by atoms with Gasteiger partial charge >= 0.3 is 6.09 Å². The lowest BCUT2D eigenvalue weighted by molar-refractivity contribution is -0.149. The second kappa shape index (κ2) is 26.3. The minimum absolute atomic E-state index is 0.000508. The Morgan fingerprint density at radius 1 is 0.894 bits per heavy atom. The first-order valence-corrected chi connectivity index (χ1v) is 25.7. The number of methoxy groups -OCH3 is 2. The van der Waals surface area contributed by atoms with Crippen molar-refractivity contribution in [3.05, 3.63) is 42.2 Å². The molecule has 0 unspecified atom stereocenters. The first-order valence-electron chi connectivity index (χ1n) is 23.5. The van der Waals surface area contributed by atoms with Crippen molar-refractivity contribution < 1.29 is 43.3 Å². The van der Waals surface area contributed by atoms with E-state index in [1.54, 1.807) is 44.1 Å². The van der Waals surface area contributed by atoms with Gasteiger partial charge in [0, 0.05) is 66.6 Å². The second-order valence-electron chi connectivity index (χ2n) is 19.6. The zero-order chi connectivity index (χ0) is 49.6. The van der Waals surface area contributed by atoms with Crippen molar-refractivity contribution in [1.82, 2.24) is 29.5 Å². The summed E-state index contributed by atoms with van der Waals surface area (Å²) in [5.41, 5.74) is 0.758. The number of amides is 3. The van der Waals surface area contributed by atoms with Gasteiger partial charge in [-0.15, -0.1) is 10.2 Å². The number of Topliss-reactive ketones (excluding diaryl/α,β-unsaturated/α-hetero) is 2. The third-order valence-electron chi connectivity index (χ3n) is 13.3. The van der Waals surface area contributed by atoms with Crippen LogP contribution in [0.15, 0.2) is 41.8 Å². The molecule has 1 fully saturated rings. The maximum Gasteiger partial charge on any atom is 0.410 e. The molecule has 0 aliphatic carbocycles. The lowest BCUT2D eigenvalue weighted by atomic mass is 9.83. The molecule has 1 aliphatic heterocycles. The molecule has 0 bridgehead atoms. The van der Waals surface area contributed by atoms with Crippen molar-refractivity contribution in [3.63, 3.8) is 0 Å². The molecule has 1 aliphatic rings. The number of ether oxygens (including phenoxy) is 3. The van der Waals surface area contributed by atoms with Crippen LogP contribution < -0.4 is 0 Å². The highest BCUT2D eigenvalue weighted by Gasteiger charge is 2.44. The van der Waals surface area contributed by atoms with E-state index < -0.39 is 53.1 Å². The molecule has 0 spiro atoms. The number of benzene rings is 1. The highest BCUT2D eigenvalue weighted by Crippen LogP contribution is 2.40. The molecule has 1 aromatic carbocycles. The van der Waals surface area contributed by atoms with Crippen LogP contribution in [-0.2, 0) is 40.4 Å². The second-order valence-corrected chi connectivity index (χ2v) is 22.4. The highest BCUT2D eigenvalue weighted by atomic mass is 33.1. The number of aryl methyl sites for hydroxylation is 1. The fourth-order valence-electron chi connectivity index (χ4n) is 9.15. The van der Waals surface area contributed by atoms with Crippen molar-refractivity contribution >= 4 is 51.1 Å². The Labute approximate surface area is 402 Å². The predicted molar refractivity (Wildman–Crippen MR) is 261 cm³/mol. The Balaban J connectivity index is 1.73. The third-order valence-corrected chi connectivity index (χ3v) is 16.5. The van der Waals surface area contributed by atoms with Gasteiger partial charge in [0.25, 0.3) is 0 Å². The average Bonchev–Trinajstić information content (AvgIpc) is 3.94. The summed E-state index contributed by atoms with van der Waals surface area (Å²) in [4.78, 5) is 75.3. The topological polar surface area (TPSA) is 174 Å². The quantitative estimate of drug-likeness (QED) is 0.0857. The van der Waals surface area contributed by atoms with Crippen molar-refractivity contribution in [2.24, 2.45) is 42.6 Å². The minimum Gasteiger partial charge on any atom is -0.448 e. The molecule has 1 aromatic heterocycles. The van der Waals surface area contributed by atoms with Crippen molar-refractivity contribution in [2.75, 3.05) is 41.5 Å². The number of nitrogens with zero attached hydrogens (tertiary/aromatic N) is 6. The Morgan fingerprint density at radius 2 is 1.55 bits per heavy atom. The molecule has 0 saturated carbocycles. The molecule has 1 N–H and O–H groups in total. The fraction of sp³-hybridized carbons (Fsp3) is 0.735. The molecular weight excluding hydrogens is 881 g/mol. The van der Waals surface area contributed by atoms with Crippen LogP contribution in [0.4, 0.5) is 4.79 Å². The highest BCUT2D eigenvalue weighted by molar-refractivity contribution is 8.77. The summed E-state index contributed by atoms with van der Waals surface area (Å²) >= 11 is 0. The van der Waals surface area contributed by atoms with E-state index in [1.807, 2.05) is 112 Å². The first-order chi connectivity index (χ1) is 31.0. The van der Waals surface area contributed by atoms with E-state index in [9.17, 15) is 29.1 Å². The summed E-state index contributed by atoms with van der Waals surface area (Å²) in [7, 11) is 11.2. The lowest BCUT2D eigenvalue weighted by Gasteiger charge is -2.41. The third kappa shape index (κ3) is 15.2. The van der Waals surface area contributed by atoms with E-state index in [1.165, 1.54) is 26.5 Å². The normalized spacial score (nSPS) is 18.5. The number of likely N-dealkylation sites (N-methyl/N-ethyl adjacent to an activating group) is 2. The van der Waals surface area contributed by atoms with E-state index in [0.717, 1.165) is 17.1 Å². The number of hydrogen-bond donors (Lipinski definition) is 1. The number of aliphatic hydroxyl groups excluding tert-OH is 1.